The fourth-order valence-electron chi connectivity index (χ4n) is 1.85. The number of amides is 1. The lowest BCUT2D eigenvalue weighted by Gasteiger charge is -2.17. The van der Waals surface area contributed by atoms with Gasteiger partial charge in [0.2, 0.25) is 5.91 Å². The van der Waals surface area contributed by atoms with Gasteiger partial charge in [0.25, 0.3) is 0 Å². The minimum Gasteiger partial charge on any atom is -0.380 e. The van der Waals surface area contributed by atoms with Crippen molar-refractivity contribution in [3.05, 3.63) is 34.3 Å². The first-order valence-electron chi connectivity index (χ1n) is 6.32. The van der Waals surface area contributed by atoms with Crippen LogP contribution in [0.25, 0.3) is 0 Å². The molecule has 0 fully saturated rings. The van der Waals surface area contributed by atoms with E-state index in [2.05, 4.69) is 21.2 Å². The van der Waals surface area contributed by atoms with Crippen molar-refractivity contribution in [2.75, 3.05) is 13.7 Å². The normalized spacial score (nSPS) is 13.9. The van der Waals surface area contributed by atoms with Crippen molar-refractivity contribution in [1.29, 1.82) is 0 Å². The lowest BCUT2D eigenvalue weighted by molar-refractivity contribution is -0.123. The lowest BCUT2D eigenvalue weighted by atomic mass is 10.1. The predicted molar refractivity (Wildman–Crippen MR) is 79.9 cm³/mol. The number of carbonyl (C=O) groups is 1. The number of hydrogen-bond acceptors (Lipinski definition) is 3. The Morgan fingerprint density at radius 1 is 1.47 bits per heavy atom. The van der Waals surface area contributed by atoms with Crippen LogP contribution in [0.2, 0.25) is 0 Å². The van der Waals surface area contributed by atoms with E-state index in [4.69, 9.17) is 10.5 Å². The van der Waals surface area contributed by atoms with Gasteiger partial charge in [0.05, 0.1) is 12.5 Å². The van der Waals surface area contributed by atoms with Crippen molar-refractivity contribution in [2.45, 2.75) is 31.9 Å². The molecule has 0 aromatic heterocycles. The molecule has 0 aliphatic heterocycles. The summed E-state index contributed by atoms with van der Waals surface area (Å²) in [6.45, 7) is 2.34. The van der Waals surface area contributed by atoms with Gasteiger partial charge < -0.3 is 15.8 Å². The number of halogens is 1. The van der Waals surface area contributed by atoms with Gasteiger partial charge in [0, 0.05) is 24.2 Å². The van der Waals surface area contributed by atoms with Gasteiger partial charge in [-0.05, 0) is 25.0 Å². The van der Waals surface area contributed by atoms with E-state index < -0.39 is 0 Å². The van der Waals surface area contributed by atoms with E-state index >= 15 is 0 Å². The zero-order valence-corrected chi connectivity index (χ0v) is 12.9. The molecule has 3 N–H and O–H groups in total. The fraction of sp³-hybridized carbons (Fsp3) is 0.500. The summed E-state index contributed by atoms with van der Waals surface area (Å²) < 4.78 is 6.16. The van der Waals surface area contributed by atoms with Gasteiger partial charge >= 0.3 is 0 Å². The molecule has 0 heterocycles. The molecule has 106 valence electrons. The second-order valence-corrected chi connectivity index (χ2v) is 5.42. The molecule has 0 aliphatic carbocycles. The maximum atomic E-state index is 11.8. The molecule has 4 nitrogen and oxygen atoms in total. The topological polar surface area (TPSA) is 64.3 Å². The highest BCUT2D eigenvalue weighted by Crippen LogP contribution is 2.17. The predicted octanol–water partition coefficient (Wildman–Crippen LogP) is 1.86. The first kappa shape index (κ1) is 16.1. The SMILES string of the molecule is COC(CN)CC(=O)NC(C)Cc1ccccc1Br. The van der Waals surface area contributed by atoms with Gasteiger partial charge in [-0.15, -0.1) is 0 Å². The van der Waals surface area contributed by atoms with Crippen molar-refractivity contribution in [3.8, 4) is 0 Å². The van der Waals surface area contributed by atoms with Crippen molar-refractivity contribution in [2.24, 2.45) is 5.73 Å². The van der Waals surface area contributed by atoms with Crippen LogP contribution in [0.5, 0.6) is 0 Å². The Morgan fingerprint density at radius 2 is 2.16 bits per heavy atom. The summed E-state index contributed by atoms with van der Waals surface area (Å²) in [5.74, 6) is -0.0307. The first-order valence-corrected chi connectivity index (χ1v) is 7.11. The highest BCUT2D eigenvalue weighted by Gasteiger charge is 2.14. The summed E-state index contributed by atoms with van der Waals surface area (Å²) >= 11 is 3.50. The molecule has 1 amide bonds. The quantitative estimate of drug-likeness (QED) is 0.803. The largest absolute Gasteiger partial charge is 0.380 e. The van der Waals surface area contributed by atoms with Crippen molar-refractivity contribution < 1.29 is 9.53 Å². The number of hydrogen-bond donors (Lipinski definition) is 2. The average Bonchev–Trinajstić information content (AvgIpc) is 2.38. The standard InChI is InChI=1S/C14H21BrN2O2/c1-10(7-11-5-3-4-6-13(11)15)17-14(18)8-12(9-16)19-2/h3-6,10,12H,7-9,16H2,1-2H3,(H,17,18). The monoisotopic (exact) mass is 328 g/mol. The molecule has 2 unspecified atom stereocenters. The zero-order valence-electron chi connectivity index (χ0n) is 11.4. The minimum absolute atomic E-state index is 0.0307. The van der Waals surface area contributed by atoms with E-state index in [0.29, 0.717) is 13.0 Å². The van der Waals surface area contributed by atoms with E-state index in [9.17, 15) is 4.79 Å². The molecule has 1 rings (SSSR count). The molecule has 0 bridgehead atoms. The number of carbonyl (C=O) groups excluding carboxylic acids is 1. The summed E-state index contributed by atoms with van der Waals surface area (Å²) in [5.41, 5.74) is 6.67. The number of ether oxygens (including phenoxy) is 1. The van der Waals surface area contributed by atoms with Gasteiger partial charge in [-0.3, -0.25) is 4.79 Å². The van der Waals surface area contributed by atoms with Crippen molar-refractivity contribution >= 4 is 21.8 Å². The smallest absolute Gasteiger partial charge is 0.222 e. The molecule has 0 aliphatic rings. The van der Waals surface area contributed by atoms with Gasteiger partial charge in [0.15, 0.2) is 0 Å². The Hall–Kier alpha value is -0.910. The van der Waals surface area contributed by atoms with Crippen LogP contribution in [0.15, 0.2) is 28.7 Å². The Balaban J connectivity index is 2.45. The third-order valence-electron chi connectivity index (χ3n) is 2.90. The molecule has 1 aromatic carbocycles. The third-order valence-corrected chi connectivity index (χ3v) is 3.67. The summed E-state index contributed by atoms with van der Waals surface area (Å²) in [6.07, 6.45) is 0.872. The third kappa shape index (κ3) is 5.72. The number of benzene rings is 1. The van der Waals surface area contributed by atoms with Crippen LogP contribution in [0, 0.1) is 0 Å². The summed E-state index contributed by atoms with van der Waals surface area (Å²) in [5, 5.41) is 2.96. The van der Waals surface area contributed by atoms with E-state index in [-0.39, 0.29) is 18.1 Å². The molecule has 2 atom stereocenters. The highest BCUT2D eigenvalue weighted by molar-refractivity contribution is 9.10. The van der Waals surface area contributed by atoms with Gasteiger partial charge in [-0.1, -0.05) is 34.1 Å². The maximum Gasteiger partial charge on any atom is 0.222 e. The number of rotatable bonds is 7. The van der Waals surface area contributed by atoms with Crippen LogP contribution < -0.4 is 11.1 Å². The fourth-order valence-corrected chi connectivity index (χ4v) is 2.29. The molecule has 0 saturated carbocycles. The summed E-state index contributed by atoms with van der Waals surface area (Å²) in [7, 11) is 1.56. The van der Waals surface area contributed by atoms with Crippen LogP contribution in [-0.4, -0.2) is 31.7 Å². The van der Waals surface area contributed by atoms with Crippen LogP contribution in [0.3, 0.4) is 0 Å². The maximum absolute atomic E-state index is 11.8. The molecular formula is C14H21BrN2O2. The van der Waals surface area contributed by atoms with E-state index in [1.807, 2.05) is 31.2 Å². The molecule has 19 heavy (non-hydrogen) atoms. The van der Waals surface area contributed by atoms with E-state index in [1.165, 1.54) is 5.56 Å². The molecule has 1 aromatic rings. The van der Waals surface area contributed by atoms with Gasteiger partial charge in [-0.2, -0.15) is 0 Å². The van der Waals surface area contributed by atoms with Crippen molar-refractivity contribution in [1.82, 2.24) is 5.32 Å². The Morgan fingerprint density at radius 3 is 2.74 bits per heavy atom. The highest BCUT2D eigenvalue weighted by atomic mass is 79.9. The molecule has 5 heteroatoms. The van der Waals surface area contributed by atoms with Crippen LogP contribution >= 0.6 is 15.9 Å². The number of nitrogens with one attached hydrogen (secondary N) is 1. The lowest BCUT2D eigenvalue weighted by Crippen LogP contribution is -2.38. The van der Waals surface area contributed by atoms with Crippen LogP contribution in [0.1, 0.15) is 18.9 Å². The Labute approximate surface area is 122 Å². The minimum atomic E-state index is -0.212. The molecule has 0 saturated heterocycles. The molecule has 0 radical (unpaired) electrons. The van der Waals surface area contributed by atoms with E-state index in [0.717, 1.165) is 10.9 Å². The van der Waals surface area contributed by atoms with Crippen LogP contribution in [-0.2, 0) is 16.0 Å². The Kier molecular flexibility index (Phi) is 7.05. The van der Waals surface area contributed by atoms with Crippen molar-refractivity contribution in [3.63, 3.8) is 0 Å². The molecule has 0 spiro atoms. The van der Waals surface area contributed by atoms with E-state index in [1.54, 1.807) is 7.11 Å². The second-order valence-electron chi connectivity index (χ2n) is 4.56. The molecular weight excluding hydrogens is 308 g/mol. The number of methoxy groups -OCH3 is 1. The second kappa shape index (κ2) is 8.30. The van der Waals surface area contributed by atoms with Gasteiger partial charge in [0.1, 0.15) is 0 Å². The Bertz CT molecular complexity index is 408. The van der Waals surface area contributed by atoms with Gasteiger partial charge in [-0.25, -0.2) is 0 Å². The van der Waals surface area contributed by atoms with Crippen LogP contribution in [0.4, 0.5) is 0 Å². The first-order chi connectivity index (χ1) is 9.06. The zero-order chi connectivity index (χ0) is 14.3. The average molecular weight is 329 g/mol. The summed E-state index contributed by atoms with van der Waals surface area (Å²) in [4.78, 5) is 11.8. The number of nitrogens with two attached hydrogens (primary N) is 1. The summed E-state index contributed by atoms with van der Waals surface area (Å²) in [6, 6.07) is 8.08.